The number of carbonyl (C=O) groups is 3. The molecule has 0 aromatic rings. The van der Waals surface area contributed by atoms with Crippen LogP contribution in [0.5, 0.6) is 0 Å². The van der Waals surface area contributed by atoms with Gasteiger partial charge in [0.25, 0.3) is 0 Å². The van der Waals surface area contributed by atoms with Gasteiger partial charge in [-0.25, -0.2) is 4.79 Å². The van der Waals surface area contributed by atoms with Crippen LogP contribution in [0.1, 0.15) is 40.5 Å². The van der Waals surface area contributed by atoms with Gasteiger partial charge in [-0.05, 0) is 40.5 Å². The minimum absolute atomic E-state index is 0.215. The van der Waals surface area contributed by atoms with E-state index in [4.69, 9.17) is 4.74 Å². The third-order valence-electron chi connectivity index (χ3n) is 3.32. The molecule has 2 unspecified atom stereocenters. The Labute approximate surface area is 120 Å². The van der Waals surface area contributed by atoms with Gasteiger partial charge in [0, 0.05) is 13.6 Å². The summed E-state index contributed by atoms with van der Waals surface area (Å²) in [5.74, 6) is -0.215. The van der Waals surface area contributed by atoms with Crippen LogP contribution in [0.2, 0.25) is 0 Å². The van der Waals surface area contributed by atoms with Crippen molar-refractivity contribution in [1.29, 1.82) is 0 Å². The number of hydrogen-bond donors (Lipinski definition) is 0. The summed E-state index contributed by atoms with van der Waals surface area (Å²) in [6.45, 7) is 7.53. The average molecular weight is 284 g/mol. The van der Waals surface area contributed by atoms with Gasteiger partial charge >= 0.3 is 6.09 Å². The van der Waals surface area contributed by atoms with Crippen molar-refractivity contribution in [3.8, 4) is 0 Å². The maximum atomic E-state index is 12.3. The van der Waals surface area contributed by atoms with E-state index in [0.29, 0.717) is 19.3 Å². The zero-order valence-electron chi connectivity index (χ0n) is 12.9. The van der Waals surface area contributed by atoms with E-state index in [1.807, 2.05) is 0 Å². The molecule has 0 radical (unpaired) electrons. The highest BCUT2D eigenvalue weighted by atomic mass is 16.6. The van der Waals surface area contributed by atoms with Gasteiger partial charge in [-0.3, -0.25) is 9.69 Å². The Morgan fingerprint density at radius 2 is 2.00 bits per heavy atom. The SMILES string of the molecule is CC(C=O)N(C)C(=O)C1CCCN1C(=O)OC(C)(C)C. The fourth-order valence-corrected chi connectivity index (χ4v) is 2.09. The van der Waals surface area contributed by atoms with E-state index in [0.717, 1.165) is 6.42 Å². The third kappa shape index (κ3) is 3.95. The van der Waals surface area contributed by atoms with E-state index in [2.05, 4.69) is 0 Å². The number of nitrogens with zero attached hydrogens (tertiary/aromatic N) is 2. The van der Waals surface area contributed by atoms with Crippen LogP contribution in [0.3, 0.4) is 0 Å². The standard InChI is InChI=1S/C14H24N2O4/c1-10(9-17)15(5)12(18)11-7-6-8-16(11)13(19)20-14(2,3)4/h9-11H,6-8H2,1-5H3. The lowest BCUT2D eigenvalue weighted by Crippen LogP contribution is -2.50. The van der Waals surface area contributed by atoms with Gasteiger partial charge < -0.3 is 14.4 Å². The van der Waals surface area contributed by atoms with E-state index in [9.17, 15) is 14.4 Å². The van der Waals surface area contributed by atoms with Gasteiger partial charge in [0.05, 0.1) is 6.04 Å². The number of aldehydes is 1. The maximum absolute atomic E-state index is 12.3. The normalized spacial score (nSPS) is 20.4. The largest absolute Gasteiger partial charge is 0.444 e. The molecule has 1 fully saturated rings. The van der Waals surface area contributed by atoms with Crippen LogP contribution >= 0.6 is 0 Å². The molecule has 1 saturated heterocycles. The fourth-order valence-electron chi connectivity index (χ4n) is 2.09. The summed E-state index contributed by atoms with van der Waals surface area (Å²) in [5, 5.41) is 0. The molecule has 0 saturated carbocycles. The Morgan fingerprint density at radius 1 is 1.40 bits per heavy atom. The second-order valence-corrected chi connectivity index (χ2v) is 6.16. The van der Waals surface area contributed by atoms with Crippen LogP contribution < -0.4 is 0 Å². The molecule has 6 heteroatoms. The number of likely N-dealkylation sites (N-methyl/N-ethyl adjacent to an activating group) is 1. The molecule has 0 aliphatic carbocycles. The second-order valence-electron chi connectivity index (χ2n) is 6.16. The molecule has 0 spiro atoms. The van der Waals surface area contributed by atoms with Gasteiger partial charge in [-0.1, -0.05) is 0 Å². The molecule has 1 heterocycles. The van der Waals surface area contributed by atoms with Crippen molar-refractivity contribution in [2.75, 3.05) is 13.6 Å². The predicted octanol–water partition coefficient (Wildman–Crippen LogP) is 1.43. The van der Waals surface area contributed by atoms with Gasteiger partial charge in [-0.15, -0.1) is 0 Å². The Balaban J connectivity index is 2.77. The van der Waals surface area contributed by atoms with Crippen molar-refractivity contribution in [3.63, 3.8) is 0 Å². The van der Waals surface area contributed by atoms with Crippen molar-refractivity contribution >= 4 is 18.3 Å². The molecule has 0 aromatic heterocycles. The first-order valence-electron chi connectivity index (χ1n) is 6.89. The Kier molecular flexibility index (Phi) is 5.14. The number of ether oxygens (including phenoxy) is 1. The van der Waals surface area contributed by atoms with Gasteiger partial charge in [0.1, 0.15) is 17.9 Å². The predicted molar refractivity (Wildman–Crippen MR) is 74.3 cm³/mol. The highest BCUT2D eigenvalue weighted by Gasteiger charge is 2.38. The minimum Gasteiger partial charge on any atom is -0.444 e. The van der Waals surface area contributed by atoms with Gasteiger partial charge in [0.15, 0.2) is 0 Å². The van der Waals surface area contributed by atoms with Crippen LogP contribution in [0.15, 0.2) is 0 Å². The summed E-state index contributed by atoms with van der Waals surface area (Å²) < 4.78 is 5.32. The molecule has 2 amide bonds. The van der Waals surface area contributed by atoms with Crippen LogP contribution in [0.4, 0.5) is 4.79 Å². The monoisotopic (exact) mass is 284 g/mol. The first-order chi connectivity index (χ1) is 9.17. The molecule has 20 heavy (non-hydrogen) atoms. The number of hydrogen-bond acceptors (Lipinski definition) is 4. The minimum atomic E-state index is -0.588. The molecule has 2 atom stereocenters. The van der Waals surface area contributed by atoms with Crippen LogP contribution in [-0.2, 0) is 14.3 Å². The summed E-state index contributed by atoms with van der Waals surface area (Å²) in [7, 11) is 1.58. The Morgan fingerprint density at radius 3 is 2.50 bits per heavy atom. The topological polar surface area (TPSA) is 66.9 Å². The summed E-state index contributed by atoms with van der Waals surface area (Å²) in [6, 6.07) is -1.03. The molecule has 1 rings (SSSR count). The van der Waals surface area contributed by atoms with E-state index in [1.54, 1.807) is 34.7 Å². The lowest BCUT2D eigenvalue weighted by atomic mass is 10.1. The number of rotatable bonds is 3. The highest BCUT2D eigenvalue weighted by molar-refractivity contribution is 5.87. The highest BCUT2D eigenvalue weighted by Crippen LogP contribution is 2.22. The number of carbonyl (C=O) groups excluding carboxylic acids is 3. The fraction of sp³-hybridized carbons (Fsp3) is 0.786. The van der Waals surface area contributed by atoms with Crippen molar-refractivity contribution in [2.45, 2.75) is 58.2 Å². The maximum Gasteiger partial charge on any atom is 0.410 e. The molecule has 0 bridgehead atoms. The van der Waals surface area contributed by atoms with E-state index >= 15 is 0 Å². The van der Waals surface area contributed by atoms with Crippen LogP contribution in [0.25, 0.3) is 0 Å². The zero-order chi connectivity index (χ0) is 15.5. The zero-order valence-corrected chi connectivity index (χ0v) is 12.9. The lowest BCUT2D eigenvalue weighted by Gasteiger charge is -2.31. The average Bonchev–Trinajstić information content (AvgIpc) is 2.83. The van der Waals surface area contributed by atoms with E-state index in [-0.39, 0.29) is 5.91 Å². The molecular weight excluding hydrogens is 260 g/mol. The third-order valence-corrected chi connectivity index (χ3v) is 3.32. The van der Waals surface area contributed by atoms with Crippen molar-refractivity contribution in [1.82, 2.24) is 9.80 Å². The molecule has 1 aliphatic rings. The number of amides is 2. The van der Waals surface area contributed by atoms with Crippen LogP contribution in [0, 0.1) is 0 Å². The summed E-state index contributed by atoms with van der Waals surface area (Å²) in [6.07, 6.45) is 1.61. The smallest absolute Gasteiger partial charge is 0.410 e. The Hall–Kier alpha value is -1.59. The van der Waals surface area contributed by atoms with Crippen molar-refractivity contribution < 1.29 is 19.1 Å². The molecule has 114 valence electrons. The molecule has 6 nitrogen and oxygen atoms in total. The van der Waals surface area contributed by atoms with Crippen molar-refractivity contribution in [3.05, 3.63) is 0 Å². The van der Waals surface area contributed by atoms with Crippen molar-refractivity contribution in [2.24, 2.45) is 0 Å². The molecular formula is C14H24N2O4. The summed E-state index contributed by atoms with van der Waals surface area (Å²) >= 11 is 0. The van der Waals surface area contributed by atoms with Gasteiger partial charge in [-0.2, -0.15) is 0 Å². The summed E-state index contributed by atoms with van der Waals surface area (Å²) in [4.78, 5) is 38.0. The molecule has 0 aromatic carbocycles. The first-order valence-corrected chi connectivity index (χ1v) is 6.89. The number of likely N-dealkylation sites (tertiary alicyclic amines) is 1. The van der Waals surface area contributed by atoms with Crippen LogP contribution in [-0.4, -0.2) is 59.4 Å². The van der Waals surface area contributed by atoms with E-state index < -0.39 is 23.8 Å². The van der Waals surface area contributed by atoms with Gasteiger partial charge in [0.2, 0.25) is 5.91 Å². The first kappa shape index (κ1) is 16.5. The molecule has 0 N–H and O–H groups in total. The lowest BCUT2D eigenvalue weighted by molar-refractivity contribution is -0.138. The van der Waals surface area contributed by atoms with E-state index in [1.165, 1.54) is 9.80 Å². The Bertz CT molecular complexity index is 389. The summed E-state index contributed by atoms with van der Waals surface area (Å²) in [5.41, 5.74) is -0.588. The second kappa shape index (κ2) is 6.24. The molecule has 1 aliphatic heterocycles. The quantitative estimate of drug-likeness (QED) is 0.735.